The highest BCUT2D eigenvalue weighted by Gasteiger charge is 2.39. The molecule has 1 aliphatic rings. The summed E-state index contributed by atoms with van der Waals surface area (Å²) in [6.45, 7) is 4.01. The van der Waals surface area contributed by atoms with Crippen LogP contribution in [0.2, 0.25) is 0 Å². The molecule has 1 amide bonds. The third kappa shape index (κ3) is 2.86. The Morgan fingerprint density at radius 3 is 2.62 bits per heavy atom. The van der Waals surface area contributed by atoms with E-state index in [2.05, 4.69) is 5.32 Å². The van der Waals surface area contributed by atoms with E-state index in [0.717, 1.165) is 5.56 Å². The molecule has 0 fully saturated rings. The van der Waals surface area contributed by atoms with E-state index in [-0.39, 0.29) is 11.8 Å². The summed E-state index contributed by atoms with van der Waals surface area (Å²) in [7, 11) is 0. The maximum Gasteiger partial charge on any atom is 0.329 e. The van der Waals surface area contributed by atoms with Gasteiger partial charge in [-0.2, -0.15) is 0 Å². The van der Waals surface area contributed by atoms with Crippen LogP contribution in [0.25, 0.3) is 0 Å². The van der Waals surface area contributed by atoms with Gasteiger partial charge in [0.25, 0.3) is 0 Å². The monoisotopic (exact) mass is 291 g/mol. The minimum Gasteiger partial charge on any atom is -0.493 e. The van der Waals surface area contributed by atoms with Gasteiger partial charge in [0, 0.05) is 5.56 Å². The van der Waals surface area contributed by atoms with Crippen molar-refractivity contribution in [2.24, 2.45) is 0 Å². The highest BCUT2D eigenvalue weighted by Crippen LogP contribution is 2.34. The van der Waals surface area contributed by atoms with Gasteiger partial charge in [-0.05, 0) is 25.3 Å². The molecule has 1 aliphatic heterocycles. The quantitative estimate of drug-likeness (QED) is 0.873. The predicted octanol–water partition coefficient (Wildman–Crippen LogP) is 2.31. The molecular weight excluding hydrogens is 270 g/mol. The fraction of sp³-hybridized carbons (Fsp3) is 0.500. The summed E-state index contributed by atoms with van der Waals surface area (Å²) in [6, 6.07) is 7.41. The van der Waals surface area contributed by atoms with Crippen LogP contribution in [0, 0.1) is 0 Å². The lowest BCUT2D eigenvalue weighted by Gasteiger charge is -2.32. The first kappa shape index (κ1) is 15.4. The molecule has 0 saturated heterocycles. The number of fused-ring (bicyclic) bond motifs is 1. The molecule has 2 N–H and O–H groups in total. The third-order valence-electron chi connectivity index (χ3n) is 4.25. The molecule has 0 bridgehead atoms. The van der Waals surface area contributed by atoms with Crippen molar-refractivity contribution in [3.05, 3.63) is 29.8 Å². The van der Waals surface area contributed by atoms with E-state index in [1.54, 1.807) is 13.8 Å². The van der Waals surface area contributed by atoms with E-state index in [1.807, 2.05) is 24.3 Å². The van der Waals surface area contributed by atoms with Crippen LogP contribution in [0.1, 0.15) is 44.6 Å². The number of hydrogen-bond acceptors (Lipinski definition) is 3. The van der Waals surface area contributed by atoms with Gasteiger partial charge >= 0.3 is 5.97 Å². The lowest BCUT2D eigenvalue weighted by atomic mass is 9.88. The van der Waals surface area contributed by atoms with Gasteiger partial charge in [-0.15, -0.1) is 0 Å². The summed E-state index contributed by atoms with van der Waals surface area (Å²) in [5.41, 5.74) is -0.364. The number of benzene rings is 1. The van der Waals surface area contributed by atoms with Crippen molar-refractivity contribution < 1.29 is 19.4 Å². The largest absolute Gasteiger partial charge is 0.493 e. The molecule has 114 valence electrons. The number of hydrogen-bond donors (Lipinski definition) is 2. The Morgan fingerprint density at radius 2 is 2.00 bits per heavy atom. The first-order valence-corrected chi connectivity index (χ1v) is 7.31. The van der Waals surface area contributed by atoms with Crippen molar-refractivity contribution >= 4 is 11.9 Å². The highest BCUT2D eigenvalue weighted by atomic mass is 16.5. The lowest BCUT2D eigenvalue weighted by Crippen LogP contribution is -2.55. The molecule has 1 atom stereocenters. The SMILES string of the molecule is CCC(CC)(NC(=O)C1CCOc2ccccc21)C(=O)O. The molecule has 2 rings (SSSR count). The van der Waals surface area contributed by atoms with Crippen LogP contribution in [0.3, 0.4) is 0 Å². The van der Waals surface area contributed by atoms with Crippen LogP contribution in [-0.2, 0) is 9.59 Å². The number of ether oxygens (including phenoxy) is 1. The summed E-state index contributed by atoms with van der Waals surface area (Å²) in [6.07, 6.45) is 1.27. The molecule has 0 aromatic heterocycles. The number of nitrogens with one attached hydrogen (secondary N) is 1. The van der Waals surface area contributed by atoms with Crippen LogP contribution in [0.4, 0.5) is 0 Å². The zero-order chi connectivity index (χ0) is 15.5. The molecule has 1 aromatic rings. The maximum absolute atomic E-state index is 12.6. The summed E-state index contributed by atoms with van der Waals surface area (Å²) in [4.78, 5) is 24.1. The zero-order valence-electron chi connectivity index (χ0n) is 12.4. The summed E-state index contributed by atoms with van der Waals surface area (Å²) < 4.78 is 5.54. The van der Waals surface area contributed by atoms with Crippen LogP contribution in [0.15, 0.2) is 24.3 Å². The number of carboxylic acids is 1. The van der Waals surface area contributed by atoms with Crippen LogP contribution < -0.4 is 10.1 Å². The standard InChI is InChI=1S/C16H21NO4/c1-3-16(4-2,15(19)20)17-14(18)12-9-10-21-13-8-6-5-7-11(12)13/h5-8,12H,3-4,9-10H2,1-2H3,(H,17,18)(H,19,20). The fourth-order valence-electron chi connectivity index (χ4n) is 2.72. The second-order valence-electron chi connectivity index (χ2n) is 5.31. The molecule has 5 nitrogen and oxygen atoms in total. The smallest absolute Gasteiger partial charge is 0.329 e. The van der Waals surface area contributed by atoms with Gasteiger partial charge < -0.3 is 15.2 Å². The Kier molecular flexibility index (Phi) is 4.50. The number of para-hydroxylation sites is 1. The minimum absolute atomic E-state index is 0.239. The molecule has 21 heavy (non-hydrogen) atoms. The second-order valence-corrected chi connectivity index (χ2v) is 5.31. The van der Waals surface area contributed by atoms with Gasteiger partial charge in [0.1, 0.15) is 11.3 Å². The van der Waals surface area contributed by atoms with Crippen LogP contribution in [-0.4, -0.2) is 29.1 Å². The normalized spacial score (nSPS) is 17.5. The molecule has 5 heteroatoms. The van der Waals surface area contributed by atoms with Gasteiger partial charge in [-0.1, -0.05) is 32.0 Å². The number of carboxylic acid groups (broad SMARTS) is 1. The van der Waals surface area contributed by atoms with E-state index in [9.17, 15) is 14.7 Å². The first-order valence-electron chi connectivity index (χ1n) is 7.31. The van der Waals surface area contributed by atoms with Gasteiger partial charge in [0.2, 0.25) is 5.91 Å². The van der Waals surface area contributed by atoms with E-state index in [1.165, 1.54) is 0 Å². The van der Waals surface area contributed by atoms with Crippen molar-refractivity contribution in [2.75, 3.05) is 6.61 Å². The number of amides is 1. The van der Waals surface area contributed by atoms with Crippen molar-refractivity contribution in [1.82, 2.24) is 5.32 Å². The Hall–Kier alpha value is -2.04. The number of carbonyl (C=O) groups is 2. The van der Waals surface area contributed by atoms with Gasteiger partial charge in [-0.25, -0.2) is 4.79 Å². The van der Waals surface area contributed by atoms with Crippen molar-refractivity contribution in [3.63, 3.8) is 0 Å². The minimum atomic E-state index is -1.19. The third-order valence-corrected chi connectivity index (χ3v) is 4.25. The molecule has 0 spiro atoms. The average molecular weight is 291 g/mol. The molecular formula is C16H21NO4. The number of carbonyl (C=O) groups excluding carboxylic acids is 1. The summed E-state index contributed by atoms with van der Waals surface area (Å²) in [5.74, 6) is -0.873. The van der Waals surface area contributed by atoms with E-state index in [0.29, 0.717) is 31.6 Å². The molecule has 1 unspecified atom stereocenters. The first-order chi connectivity index (χ1) is 10.0. The fourth-order valence-corrected chi connectivity index (χ4v) is 2.72. The van der Waals surface area contributed by atoms with E-state index < -0.39 is 11.5 Å². The predicted molar refractivity (Wildman–Crippen MR) is 78.4 cm³/mol. The number of aliphatic carboxylic acids is 1. The summed E-state index contributed by atoms with van der Waals surface area (Å²) >= 11 is 0. The van der Waals surface area contributed by atoms with E-state index >= 15 is 0 Å². The Balaban J connectivity index is 2.24. The van der Waals surface area contributed by atoms with Crippen molar-refractivity contribution in [1.29, 1.82) is 0 Å². The maximum atomic E-state index is 12.6. The lowest BCUT2D eigenvalue weighted by molar-refractivity contribution is -0.148. The van der Waals surface area contributed by atoms with Gasteiger partial charge in [-0.3, -0.25) is 4.79 Å². The molecule has 1 aromatic carbocycles. The topological polar surface area (TPSA) is 75.6 Å². The summed E-state index contributed by atoms with van der Waals surface area (Å²) in [5, 5.41) is 12.2. The Morgan fingerprint density at radius 1 is 1.33 bits per heavy atom. The number of rotatable bonds is 5. The Labute approximate surface area is 124 Å². The molecule has 0 radical (unpaired) electrons. The molecule has 1 heterocycles. The van der Waals surface area contributed by atoms with Crippen molar-refractivity contribution in [2.45, 2.75) is 44.6 Å². The zero-order valence-corrected chi connectivity index (χ0v) is 12.4. The average Bonchev–Trinajstić information content (AvgIpc) is 2.51. The van der Waals surface area contributed by atoms with Gasteiger partial charge in [0.05, 0.1) is 12.5 Å². The highest BCUT2D eigenvalue weighted by molar-refractivity contribution is 5.91. The molecule has 0 saturated carbocycles. The van der Waals surface area contributed by atoms with Crippen LogP contribution in [0.5, 0.6) is 5.75 Å². The second kappa shape index (κ2) is 6.16. The van der Waals surface area contributed by atoms with Gasteiger partial charge in [0.15, 0.2) is 0 Å². The molecule has 0 aliphatic carbocycles. The Bertz CT molecular complexity index is 537. The van der Waals surface area contributed by atoms with E-state index in [4.69, 9.17) is 4.74 Å². The van der Waals surface area contributed by atoms with Crippen molar-refractivity contribution in [3.8, 4) is 5.75 Å². The van der Waals surface area contributed by atoms with Crippen LogP contribution >= 0.6 is 0 Å².